The van der Waals surface area contributed by atoms with E-state index in [0.29, 0.717) is 27.6 Å². The number of hydrogen-bond donors (Lipinski definition) is 0. The first-order valence-corrected chi connectivity index (χ1v) is 11.5. The number of aryl methyl sites for hydroxylation is 2. The minimum absolute atomic E-state index is 0.0835. The monoisotopic (exact) mass is 445 g/mol. The van der Waals surface area contributed by atoms with E-state index < -0.39 is 6.04 Å². The normalized spacial score (nSPS) is 15.7. The first-order valence-electron chi connectivity index (χ1n) is 10.6. The minimum Gasteiger partial charge on any atom is -0.450 e. The van der Waals surface area contributed by atoms with E-state index in [0.717, 1.165) is 28.1 Å². The molecule has 1 amide bonds. The average Bonchev–Trinajstić information content (AvgIpc) is 3.32. The van der Waals surface area contributed by atoms with Crippen molar-refractivity contribution in [2.75, 3.05) is 4.90 Å². The number of fused-ring (bicyclic) bond motifs is 2. The summed E-state index contributed by atoms with van der Waals surface area (Å²) in [5.41, 5.74) is 3.44. The number of nitrogens with zero attached hydrogens (tertiary/aromatic N) is 3. The van der Waals surface area contributed by atoms with Crippen LogP contribution in [0.1, 0.15) is 57.7 Å². The van der Waals surface area contributed by atoms with Crippen molar-refractivity contribution in [1.82, 2.24) is 10.2 Å². The Labute approximate surface area is 189 Å². The quantitative estimate of drug-likeness (QED) is 0.431. The molecule has 6 nitrogen and oxygen atoms in total. The third-order valence-corrected chi connectivity index (χ3v) is 6.79. The summed E-state index contributed by atoms with van der Waals surface area (Å²) in [5.74, 6) is 0.144. The molecule has 0 fully saturated rings. The molecule has 7 heteroatoms. The Bertz CT molecular complexity index is 1410. The number of hydrogen-bond acceptors (Lipinski definition) is 6. The zero-order valence-electron chi connectivity index (χ0n) is 18.4. The van der Waals surface area contributed by atoms with Crippen LogP contribution >= 0.6 is 11.3 Å². The molecule has 3 heterocycles. The lowest BCUT2D eigenvalue weighted by Gasteiger charge is -2.22. The molecule has 0 aliphatic carbocycles. The zero-order chi connectivity index (χ0) is 22.6. The molecule has 5 rings (SSSR count). The van der Waals surface area contributed by atoms with Crippen LogP contribution in [-0.4, -0.2) is 16.1 Å². The van der Waals surface area contributed by atoms with Crippen molar-refractivity contribution in [3.8, 4) is 0 Å². The molecule has 0 saturated heterocycles. The standard InChI is InChI=1S/C25H23N3O3S/c1-13(2)10-19-26-27-25(32-19)28-21(16-8-6-5-7-9-16)20-22(29)17-11-14(3)15(4)12-18(17)31-23(20)24(28)30/h5-9,11-13,21H,10H2,1-4H3. The molecular formula is C25H23N3O3S. The highest BCUT2D eigenvalue weighted by Crippen LogP contribution is 2.42. The van der Waals surface area contributed by atoms with Crippen LogP contribution in [0.5, 0.6) is 0 Å². The van der Waals surface area contributed by atoms with Gasteiger partial charge in [0.1, 0.15) is 10.6 Å². The van der Waals surface area contributed by atoms with E-state index in [1.165, 1.54) is 11.3 Å². The SMILES string of the molecule is Cc1cc2oc3c(c(=O)c2cc1C)C(c1ccccc1)N(c1nnc(CC(C)C)s1)C3=O. The van der Waals surface area contributed by atoms with Crippen LogP contribution in [0, 0.1) is 19.8 Å². The molecular weight excluding hydrogens is 422 g/mol. The van der Waals surface area contributed by atoms with E-state index in [1.54, 1.807) is 4.90 Å². The maximum atomic E-state index is 13.7. The summed E-state index contributed by atoms with van der Waals surface area (Å²) in [6.45, 7) is 8.15. The Morgan fingerprint density at radius 3 is 2.50 bits per heavy atom. The fraction of sp³-hybridized carbons (Fsp3) is 0.280. The second-order valence-electron chi connectivity index (χ2n) is 8.67. The predicted octanol–water partition coefficient (Wildman–Crippen LogP) is 5.21. The van der Waals surface area contributed by atoms with E-state index in [-0.39, 0.29) is 17.1 Å². The highest BCUT2D eigenvalue weighted by Gasteiger charge is 2.45. The fourth-order valence-electron chi connectivity index (χ4n) is 4.15. The van der Waals surface area contributed by atoms with Crippen molar-refractivity contribution in [3.05, 3.63) is 85.7 Å². The Morgan fingerprint density at radius 2 is 1.78 bits per heavy atom. The molecule has 2 aromatic carbocycles. The van der Waals surface area contributed by atoms with Crippen LogP contribution in [0.3, 0.4) is 0 Å². The number of rotatable bonds is 4. The second kappa shape index (κ2) is 7.67. The Hall–Kier alpha value is -3.32. The van der Waals surface area contributed by atoms with Gasteiger partial charge in [0.2, 0.25) is 10.9 Å². The summed E-state index contributed by atoms with van der Waals surface area (Å²) in [4.78, 5) is 28.8. The van der Waals surface area contributed by atoms with Crippen molar-refractivity contribution in [2.45, 2.75) is 40.2 Å². The molecule has 4 aromatic rings. The molecule has 32 heavy (non-hydrogen) atoms. The van der Waals surface area contributed by atoms with Gasteiger partial charge in [-0.1, -0.05) is 55.5 Å². The van der Waals surface area contributed by atoms with Gasteiger partial charge in [-0.2, -0.15) is 0 Å². The topological polar surface area (TPSA) is 76.3 Å². The summed E-state index contributed by atoms with van der Waals surface area (Å²) in [5, 5.41) is 10.4. The average molecular weight is 446 g/mol. The number of aromatic nitrogens is 2. The smallest absolute Gasteiger partial charge is 0.297 e. The van der Waals surface area contributed by atoms with E-state index in [4.69, 9.17) is 4.42 Å². The minimum atomic E-state index is -0.610. The molecule has 0 radical (unpaired) electrons. The molecule has 0 spiro atoms. The first kappa shape index (κ1) is 20.6. The lowest BCUT2D eigenvalue weighted by Crippen LogP contribution is -2.29. The Morgan fingerprint density at radius 1 is 1.06 bits per heavy atom. The van der Waals surface area contributed by atoms with E-state index in [9.17, 15) is 9.59 Å². The fourth-order valence-corrected chi connectivity index (χ4v) is 5.23. The largest absolute Gasteiger partial charge is 0.450 e. The lowest BCUT2D eigenvalue weighted by molar-refractivity contribution is 0.0970. The van der Waals surface area contributed by atoms with Crippen molar-refractivity contribution in [1.29, 1.82) is 0 Å². The van der Waals surface area contributed by atoms with Crippen LogP contribution in [-0.2, 0) is 6.42 Å². The van der Waals surface area contributed by atoms with E-state index in [1.807, 2.05) is 56.3 Å². The summed E-state index contributed by atoms with van der Waals surface area (Å²) < 4.78 is 6.07. The summed E-state index contributed by atoms with van der Waals surface area (Å²) in [7, 11) is 0. The molecule has 1 aliphatic rings. The molecule has 0 bridgehead atoms. The van der Waals surface area contributed by atoms with E-state index >= 15 is 0 Å². The zero-order valence-corrected chi connectivity index (χ0v) is 19.2. The van der Waals surface area contributed by atoms with Gasteiger partial charge in [-0.25, -0.2) is 0 Å². The van der Waals surface area contributed by atoms with Gasteiger partial charge in [0.25, 0.3) is 5.91 Å². The van der Waals surface area contributed by atoms with Gasteiger partial charge < -0.3 is 4.42 Å². The summed E-state index contributed by atoms with van der Waals surface area (Å²) in [6.07, 6.45) is 0.780. The van der Waals surface area contributed by atoms with Gasteiger partial charge in [0.15, 0.2) is 5.43 Å². The van der Waals surface area contributed by atoms with E-state index in [2.05, 4.69) is 24.0 Å². The number of amides is 1. The third-order valence-electron chi connectivity index (χ3n) is 5.85. The third kappa shape index (κ3) is 3.24. The summed E-state index contributed by atoms with van der Waals surface area (Å²) in [6, 6.07) is 12.6. The van der Waals surface area contributed by atoms with Crippen LogP contribution < -0.4 is 10.3 Å². The highest BCUT2D eigenvalue weighted by atomic mass is 32.1. The van der Waals surface area contributed by atoms with Crippen molar-refractivity contribution in [2.24, 2.45) is 5.92 Å². The Kier molecular flexibility index (Phi) is 4.93. The van der Waals surface area contributed by atoms with Gasteiger partial charge in [-0.3, -0.25) is 14.5 Å². The van der Waals surface area contributed by atoms with Gasteiger partial charge in [-0.15, -0.1) is 10.2 Å². The first-order chi connectivity index (χ1) is 15.3. The number of benzene rings is 2. The van der Waals surface area contributed by atoms with Gasteiger partial charge in [-0.05, 0) is 48.6 Å². The van der Waals surface area contributed by atoms with Crippen LogP contribution in [0.4, 0.5) is 5.13 Å². The molecule has 0 N–H and O–H groups in total. The molecule has 162 valence electrons. The predicted molar refractivity (Wildman–Crippen MR) is 126 cm³/mol. The maximum Gasteiger partial charge on any atom is 0.297 e. The lowest BCUT2D eigenvalue weighted by atomic mass is 9.98. The second-order valence-corrected chi connectivity index (χ2v) is 9.71. The Balaban J connectivity index is 1.75. The molecule has 1 atom stereocenters. The van der Waals surface area contributed by atoms with Gasteiger partial charge in [0, 0.05) is 6.42 Å². The van der Waals surface area contributed by atoms with Crippen molar-refractivity contribution < 1.29 is 9.21 Å². The van der Waals surface area contributed by atoms with Crippen molar-refractivity contribution in [3.63, 3.8) is 0 Å². The molecule has 0 saturated carbocycles. The number of carbonyl (C=O) groups excluding carboxylic acids is 1. The maximum absolute atomic E-state index is 13.7. The number of anilines is 1. The van der Waals surface area contributed by atoms with Crippen molar-refractivity contribution >= 4 is 33.3 Å². The van der Waals surface area contributed by atoms with Crippen LogP contribution in [0.15, 0.2) is 51.7 Å². The van der Waals surface area contributed by atoms with Crippen LogP contribution in [0.2, 0.25) is 0 Å². The highest BCUT2D eigenvalue weighted by molar-refractivity contribution is 7.15. The van der Waals surface area contributed by atoms with Gasteiger partial charge in [0.05, 0.1) is 17.0 Å². The van der Waals surface area contributed by atoms with Crippen LogP contribution in [0.25, 0.3) is 11.0 Å². The summed E-state index contributed by atoms with van der Waals surface area (Å²) >= 11 is 1.39. The molecule has 1 aliphatic heterocycles. The molecule has 2 aromatic heterocycles. The number of carbonyl (C=O) groups is 1. The molecule has 1 unspecified atom stereocenters. The van der Waals surface area contributed by atoms with Gasteiger partial charge >= 0.3 is 0 Å².